The first-order chi connectivity index (χ1) is 15.1. The van der Waals surface area contributed by atoms with E-state index in [1.54, 1.807) is 12.0 Å². The van der Waals surface area contributed by atoms with Gasteiger partial charge in [0.2, 0.25) is 11.8 Å². The molecular weight excluding hydrogens is 390 g/mol. The van der Waals surface area contributed by atoms with Gasteiger partial charge in [-0.1, -0.05) is 42.5 Å². The van der Waals surface area contributed by atoms with E-state index in [0.29, 0.717) is 19.6 Å². The minimum absolute atomic E-state index is 0.00759. The van der Waals surface area contributed by atoms with Gasteiger partial charge in [0.25, 0.3) is 0 Å². The Morgan fingerprint density at radius 1 is 1.03 bits per heavy atom. The standard InChI is InChI=1S/C25H29N3O3/c1-31-23-11-9-22(10-12-23)28-19-21(18-24(28)29)25(30)27-16-14-26(15-17-27)13-5-8-20-6-3-2-4-7-20/h2-12,21H,13-19H2,1H3/b8-5+/t21-/m1/s1. The smallest absolute Gasteiger partial charge is 0.228 e. The van der Waals surface area contributed by atoms with E-state index in [-0.39, 0.29) is 24.2 Å². The molecule has 162 valence electrons. The Bertz CT molecular complexity index is 919. The first kappa shape index (κ1) is 21.1. The summed E-state index contributed by atoms with van der Waals surface area (Å²) in [7, 11) is 1.62. The number of benzene rings is 2. The molecule has 2 aromatic rings. The number of ether oxygens (including phenoxy) is 1. The van der Waals surface area contributed by atoms with Crippen LogP contribution in [-0.4, -0.2) is 68.0 Å². The van der Waals surface area contributed by atoms with E-state index in [9.17, 15) is 9.59 Å². The maximum absolute atomic E-state index is 13.0. The van der Waals surface area contributed by atoms with Crippen LogP contribution in [-0.2, 0) is 9.59 Å². The number of amides is 2. The summed E-state index contributed by atoms with van der Waals surface area (Å²) in [4.78, 5) is 31.5. The number of nitrogens with zero attached hydrogens (tertiary/aromatic N) is 3. The molecule has 0 saturated carbocycles. The lowest BCUT2D eigenvalue weighted by atomic mass is 10.1. The van der Waals surface area contributed by atoms with Crippen molar-refractivity contribution < 1.29 is 14.3 Å². The molecule has 2 saturated heterocycles. The molecule has 2 aliphatic heterocycles. The summed E-state index contributed by atoms with van der Waals surface area (Å²) in [6.07, 6.45) is 4.59. The monoisotopic (exact) mass is 419 g/mol. The van der Waals surface area contributed by atoms with Crippen LogP contribution >= 0.6 is 0 Å². The van der Waals surface area contributed by atoms with Crippen molar-refractivity contribution in [1.82, 2.24) is 9.80 Å². The Balaban J connectivity index is 1.26. The van der Waals surface area contributed by atoms with Crippen molar-refractivity contribution in [2.24, 2.45) is 5.92 Å². The van der Waals surface area contributed by atoms with E-state index < -0.39 is 0 Å². The third-order valence-corrected chi connectivity index (χ3v) is 6.02. The highest BCUT2D eigenvalue weighted by Gasteiger charge is 2.37. The van der Waals surface area contributed by atoms with Crippen molar-refractivity contribution in [3.63, 3.8) is 0 Å². The molecule has 4 rings (SSSR count). The summed E-state index contributed by atoms with van der Waals surface area (Å²) in [5.41, 5.74) is 2.01. The van der Waals surface area contributed by atoms with Crippen molar-refractivity contribution >= 4 is 23.6 Å². The van der Waals surface area contributed by atoms with Crippen LogP contribution in [0, 0.1) is 5.92 Å². The van der Waals surface area contributed by atoms with Gasteiger partial charge in [0, 0.05) is 51.4 Å². The lowest BCUT2D eigenvalue weighted by Crippen LogP contribution is -2.50. The average molecular weight is 420 g/mol. The van der Waals surface area contributed by atoms with E-state index in [1.807, 2.05) is 47.4 Å². The van der Waals surface area contributed by atoms with Crippen LogP contribution in [0.3, 0.4) is 0 Å². The normalized spacial score (nSPS) is 19.9. The number of anilines is 1. The summed E-state index contributed by atoms with van der Waals surface area (Å²) < 4.78 is 5.18. The number of carbonyl (C=O) groups excluding carboxylic acids is 2. The molecular formula is C25H29N3O3. The van der Waals surface area contributed by atoms with Crippen LogP contribution in [0.25, 0.3) is 6.08 Å². The van der Waals surface area contributed by atoms with E-state index in [1.165, 1.54) is 5.56 Å². The third-order valence-electron chi connectivity index (χ3n) is 6.02. The zero-order valence-corrected chi connectivity index (χ0v) is 17.9. The lowest BCUT2D eigenvalue weighted by molar-refractivity contribution is -0.137. The van der Waals surface area contributed by atoms with Gasteiger partial charge in [0.15, 0.2) is 0 Å². The van der Waals surface area contributed by atoms with Crippen molar-refractivity contribution in [2.45, 2.75) is 6.42 Å². The van der Waals surface area contributed by atoms with Gasteiger partial charge < -0.3 is 14.5 Å². The quantitative estimate of drug-likeness (QED) is 0.723. The number of piperazine rings is 1. The maximum atomic E-state index is 13.0. The van der Waals surface area contributed by atoms with Crippen LogP contribution < -0.4 is 9.64 Å². The van der Waals surface area contributed by atoms with Gasteiger partial charge in [0.05, 0.1) is 13.0 Å². The predicted molar refractivity (Wildman–Crippen MR) is 122 cm³/mol. The third kappa shape index (κ3) is 5.14. The Morgan fingerprint density at radius 3 is 2.42 bits per heavy atom. The molecule has 0 N–H and O–H groups in total. The van der Waals surface area contributed by atoms with Crippen LogP contribution in [0.2, 0.25) is 0 Å². The molecule has 6 nitrogen and oxygen atoms in total. The molecule has 6 heteroatoms. The fraction of sp³-hybridized carbons (Fsp3) is 0.360. The summed E-state index contributed by atoms with van der Waals surface area (Å²) in [6.45, 7) is 4.46. The number of hydrogen-bond donors (Lipinski definition) is 0. The molecule has 31 heavy (non-hydrogen) atoms. The van der Waals surface area contributed by atoms with Gasteiger partial charge in [0.1, 0.15) is 5.75 Å². The molecule has 2 aliphatic rings. The van der Waals surface area contributed by atoms with Gasteiger partial charge in [-0.2, -0.15) is 0 Å². The molecule has 0 unspecified atom stereocenters. The Hall–Kier alpha value is -3.12. The largest absolute Gasteiger partial charge is 0.497 e. The molecule has 0 bridgehead atoms. The summed E-state index contributed by atoms with van der Waals surface area (Å²) in [5.74, 6) is 0.593. The molecule has 0 radical (unpaired) electrons. The zero-order valence-electron chi connectivity index (χ0n) is 17.9. The topological polar surface area (TPSA) is 53.1 Å². The molecule has 2 aromatic carbocycles. The maximum Gasteiger partial charge on any atom is 0.228 e. The molecule has 1 atom stereocenters. The van der Waals surface area contributed by atoms with E-state index in [4.69, 9.17) is 4.74 Å². The van der Waals surface area contributed by atoms with Crippen molar-refractivity contribution in [1.29, 1.82) is 0 Å². The SMILES string of the molecule is COc1ccc(N2C[C@H](C(=O)N3CCN(C/C=C/c4ccccc4)CC3)CC2=O)cc1. The Labute approximate surface area is 183 Å². The second-order valence-corrected chi connectivity index (χ2v) is 8.04. The predicted octanol–water partition coefficient (Wildman–Crippen LogP) is 2.91. The van der Waals surface area contributed by atoms with Gasteiger partial charge in [-0.25, -0.2) is 0 Å². The lowest BCUT2D eigenvalue weighted by Gasteiger charge is -2.35. The Kier molecular flexibility index (Phi) is 6.67. The number of hydrogen-bond acceptors (Lipinski definition) is 4. The molecule has 0 spiro atoms. The van der Waals surface area contributed by atoms with Crippen LogP contribution in [0.5, 0.6) is 5.75 Å². The molecule has 0 aliphatic carbocycles. The average Bonchev–Trinajstić information content (AvgIpc) is 3.21. The van der Waals surface area contributed by atoms with E-state index >= 15 is 0 Å². The van der Waals surface area contributed by atoms with Crippen LogP contribution in [0.15, 0.2) is 60.7 Å². The van der Waals surface area contributed by atoms with Crippen molar-refractivity contribution in [3.8, 4) is 5.75 Å². The zero-order chi connectivity index (χ0) is 21.6. The number of carbonyl (C=O) groups is 2. The highest BCUT2D eigenvalue weighted by molar-refractivity contribution is 6.00. The second-order valence-electron chi connectivity index (χ2n) is 8.04. The minimum Gasteiger partial charge on any atom is -0.497 e. The summed E-state index contributed by atoms with van der Waals surface area (Å²) >= 11 is 0. The molecule has 2 fully saturated rings. The Morgan fingerprint density at radius 2 is 1.74 bits per heavy atom. The van der Waals surface area contributed by atoms with Crippen LogP contribution in [0.1, 0.15) is 12.0 Å². The fourth-order valence-corrected chi connectivity index (χ4v) is 4.20. The molecule has 2 amide bonds. The van der Waals surface area contributed by atoms with Gasteiger partial charge >= 0.3 is 0 Å². The first-order valence-corrected chi connectivity index (χ1v) is 10.8. The van der Waals surface area contributed by atoms with Crippen LogP contribution in [0.4, 0.5) is 5.69 Å². The highest BCUT2D eigenvalue weighted by Crippen LogP contribution is 2.28. The first-order valence-electron chi connectivity index (χ1n) is 10.8. The highest BCUT2D eigenvalue weighted by atomic mass is 16.5. The van der Waals surface area contributed by atoms with Crippen molar-refractivity contribution in [2.75, 3.05) is 51.3 Å². The van der Waals surface area contributed by atoms with Gasteiger partial charge in [-0.15, -0.1) is 0 Å². The van der Waals surface area contributed by atoms with Gasteiger partial charge in [-0.05, 0) is 29.8 Å². The summed E-state index contributed by atoms with van der Waals surface area (Å²) in [5, 5.41) is 0. The number of rotatable bonds is 6. The molecule has 0 aromatic heterocycles. The molecule has 2 heterocycles. The van der Waals surface area contributed by atoms with E-state index in [0.717, 1.165) is 31.1 Å². The summed E-state index contributed by atoms with van der Waals surface area (Å²) in [6, 6.07) is 17.7. The fourth-order valence-electron chi connectivity index (χ4n) is 4.20. The van der Waals surface area contributed by atoms with Crippen molar-refractivity contribution in [3.05, 3.63) is 66.2 Å². The van der Waals surface area contributed by atoms with Gasteiger partial charge in [-0.3, -0.25) is 14.5 Å². The minimum atomic E-state index is -0.265. The van der Waals surface area contributed by atoms with E-state index in [2.05, 4.69) is 29.2 Å². The second kappa shape index (κ2) is 9.79. The number of methoxy groups -OCH3 is 1.